The van der Waals surface area contributed by atoms with Gasteiger partial charge in [-0.05, 0) is 55.8 Å². The molecule has 2 fully saturated rings. The predicted molar refractivity (Wildman–Crippen MR) is 128 cm³/mol. The molecular formula is C25H32N6O3. The van der Waals surface area contributed by atoms with E-state index in [1.807, 2.05) is 29.2 Å². The van der Waals surface area contributed by atoms with Crippen molar-refractivity contribution >= 4 is 17.4 Å². The predicted octanol–water partition coefficient (Wildman–Crippen LogP) is 2.47. The SMILES string of the molecule is CO/N=C1/CC2(CCN(C(=O)C3CCN(Cc4ccnc(N)c4)CC3)CC2)Oc2cccnc21. The van der Waals surface area contributed by atoms with Crippen LogP contribution in [-0.4, -0.2) is 70.3 Å². The average molecular weight is 465 g/mol. The molecule has 2 aromatic heterocycles. The van der Waals surface area contributed by atoms with Crippen LogP contribution in [0.2, 0.25) is 0 Å². The third-order valence-electron chi connectivity index (χ3n) is 7.24. The van der Waals surface area contributed by atoms with Gasteiger partial charge in [-0.2, -0.15) is 0 Å². The Kier molecular flexibility index (Phi) is 6.36. The summed E-state index contributed by atoms with van der Waals surface area (Å²) < 4.78 is 6.43. The van der Waals surface area contributed by atoms with E-state index in [0.29, 0.717) is 25.3 Å². The lowest BCUT2D eigenvalue weighted by molar-refractivity contribution is -0.140. The Balaban J connectivity index is 1.16. The molecule has 0 aromatic carbocycles. The van der Waals surface area contributed by atoms with E-state index < -0.39 is 0 Å². The second kappa shape index (κ2) is 9.58. The maximum atomic E-state index is 13.3. The lowest BCUT2D eigenvalue weighted by Gasteiger charge is -2.45. The van der Waals surface area contributed by atoms with Crippen LogP contribution < -0.4 is 10.5 Å². The summed E-state index contributed by atoms with van der Waals surface area (Å²) in [4.78, 5) is 31.3. The van der Waals surface area contributed by atoms with Gasteiger partial charge in [0.25, 0.3) is 0 Å². The van der Waals surface area contributed by atoms with Gasteiger partial charge in [0.2, 0.25) is 5.91 Å². The van der Waals surface area contributed by atoms with E-state index in [-0.39, 0.29) is 17.4 Å². The number of carbonyl (C=O) groups is 1. The minimum Gasteiger partial charge on any atom is -0.484 e. The van der Waals surface area contributed by atoms with Gasteiger partial charge in [-0.15, -0.1) is 0 Å². The van der Waals surface area contributed by atoms with Crippen LogP contribution >= 0.6 is 0 Å². The highest BCUT2D eigenvalue weighted by molar-refractivity contribution is 6.02. The maximum Gasteiger partial charge on any atom is 0.225 e. The Hall–Kier alpha value is -3.20. The molecular weight excluding hydrogens is 432 g/mol. The number of oxime groups is 1. The first-order valence-corrected chi connectivity index (χ1v) is 12.0. The molecule has 3 aliphatic rings. The fourth-order valence-electron chi connectivity index (χ4n) is 5.39. The van der Waals surface area contributed by atoms with Gasteiger partial charge in [-0.25, -0.2) is 4.98 Å². The smallest absolute Gasteiger partial charge is 0.225 e. The summed E-state index contributed by atoms with van der Waals surface area (Å²) in [7, 11) is 1.55. The first-order valence-electron chi connectivity index (χ1n) is 12.0. The van der Waals surface area contributed by atoms with Crippen molar-refractivity contribution in [2.45, 2.75) is 44.2 Å². The third-order valence-corrected chi connectivity index (χ3v) is 7.24. The van der Waals surface area contributed by atoms with Crippen LogP contribution in [0.4, 0.5) is 5.82 Å². The van der Waals surface area contributed by atoms with Crippen molar-refractivity contribution in [1.29, 1.82) is 0 Å². The number of nitrogen functional groups attached to an aromatic ring is 1. The number of pyridine rings is 2. The van der Waals surface area contributed by atoms with E-state index in [1.54, 1.807) is 19.5 Å². The Morgan fingerprint density at radius 2 is 2.00 bits per heavy atom. The molecule has 0 unspecified atom stereocenters. The number of fused-ring (bicyclic) bond motifs is 1. The molecule has 2 N–H and O–H groups in total. The fraction of sp³-hybridized carbons (Fsp3) is 0.520. The van der Waals surface area contributed by atoms with Crippen molar-refractivity contribution in [3.63, 3.8) is 0 Å². The van der Waals surface area contributed by atoms with Crippen molar-refractivity contribution in [2.75, 3.05) is 39.0 Å². The number of hydrogen-bond acceptors (Lipinski definition) is 8. The third kappa shape index (κ3) is 4.70. The Labute approximate surface area is 199 Å². The van der Waals surface area contributed by atoms with Crippen molar-refractivity contribution in [3.05, 3.63) is 47.9 Å². The molecule has 2 aromatic rings. The Morgan fingerprint density at radius 1 is 1.21 bits per heavy atom. The highest BCUT2D eigenvalue weighted by Gasteiger charge is 2.44. The fourth-order valence-corrected chi connectivity index (χ4v) is 5.39. The van der Waals surface area contributed by atoms with Gasteiger partial charge in [0.05, 0.1) is 0 Å². The molecule has 0 radical (unpaired) electrons. The summed E-state index contributed by atoms with van der Waals surface area (Å²) in [6, 6.07) is 7.73. The van der Waals surface area contributed by atoms with E-state index in [2.05, 4.69) is 20.0 Å². The second-order valence-corrected chi connectivity index (χ2v) is 9.50. The van der Waals surface area contributed by atoms with Gasteiger partial charge in [0.15, 0.2) is 0 Å². The lowest BCUT2D eigenvalue weighted by atomic mass is 9.82. The summed E-state index contributed by atoms with van der Waals surface area (Å²) in [6.45, 7) is 4.08. The zero-order valence-corrected chi connectivity index (χ0v) is 19.7. The number of carbonyl (C=O) groups excluding carboxylic acids is 1. The average Bonchev–Trinajstić information content (AvgIpc) is 2.85. The van der Waals surface area contributed by atoms with Gasteiger partial charge < -0.3 is 20.2 Å². The lowest BCUT2D eigenvalue weighted by Crippen LogP contribution is -2.54. The summed E-state index contributed by atoms with van der Waals surface area (Å²) in [5.74, 6) is 1.67. The summed E-state index contributed by atoms with van der Waals surface area (Å²) in [5.41, 5.74) is 8.16. The molecule has 2 saturated heterocycles. The number of nitrogens with two attached hydrogens (primary N) is 1. The van der Waals surface area contributed by atoms with Crippen molar-refractivity contribution in [2.24, 2.45) is 11.1 Å². The number of piperidine rings is 2. The van der Waals surface area contributed by atoms with Gasteiger partial charge in [0.1, 0.15) is 35.7 Å². The van der Waals surface area contributed by atoms with Crippen LogP contribution in [0.3, 0.4) is 0 Å². The number of aromatic nitrogens is 2. The number of nitrogens with zero attached hydrogens (tertiary/aromatic N) is 5. The van der Waals surface area contributed by atoms with Gasteiger partial charge >= 0.3 is 0 Å². The van der Waals surface area contributed by atoms with Gasteiger partial charge in [0, 0.05) is 57.2 Å². The largest absolute Gasteiger partial charge is 0.484 e. The van der Waals surface area contributed by atoms with E-state index in [0.717, 1.165) is 62.5 Å². The zero-order valence-electron chi connectivity index (χ0n) is 19.7. The number of hydrogen-bond donors (Lipinski definition) is 1. The second-order valence-electron chi connectivity index (χ2n) is 9.50. The summed E-state index contributed by atoms with van der Waals surface area (Å²) in [6.07, 6.45) is 7.47. The molecule has 5 heterocycles. The molecule has 180 valence electrons. The Bertz CT molecular complexity index is 1060. The topological polar surface area (TPSA) is 106 Å². The summed E-state index contributed by atoms with van der Waals surface area (Å²) in [5, 5.41) is 4.22. The van der Waals surface area contributed by atoms with Crippen LogP contribution in [0.1, 0.15) is 43.4 Å². The van der Waals surface area contributed by atoms with Crippen LogP contribution in [0, 0.1) is 5.92 Å². The van der Waals surface area contributed by atoms with Crippen LogP contribution in [0.5, 0.6) is 5.75 Å². The number of likely N-dealkylation sites (tertiary alicyclic amines) is 2. The molecule has 9 nitrogen and oxygen atoms in total. The van der Waals surface area contributed by atoms with Crippen molar-refractivity contribution in [1.82, 2.24) is 19.8 Å². The molecule has 9 heteroatoms. The molecule has 34 heavy (non-hydrogen) atoms. The number of amides is 1. The van der Waals surface area contributed by atoms with Crippen LogP contribution in [-0.2, 0) is 16.2 Å². The standard InChI is InChI=1S/C25H32N6O3/c1-33-29-20-16-25(34-21-3-2-9-28-23(20)21)7-13-31(14-8-25)24(32)19-5-11-30(12-6-19)17-18-4-10-27-22(26)15-18/h2-4,9-10,15,19H,5-8,11-14,16-17H2,1H3,(H2,26,27)/b29-20-. The van der Waals surface area contributed by atoms with E-state index >= 15 is 0 Å². The number of rotatable bonds is 4. The molecule has 1 amide bonds. The molecule has 0 saturated carbocycles. The minimum atomic E-state index is -0.361. The summed E-state index contributed by atoms with van der Waals surface area (Å²) >= 11 is 0. The van der Waals surface area contributed by atoms with Gasteiger partial charge in [-0.3, -0.25) is 14.7 Å². The molecule has 0 bridgehead atoms. The van der Waals surface area contributed by atoms with Crippen molar-refractivity contribution < 1.29 is 14.4 Å². The maximum absolute atomic E-state index is 13.3. The monoisotopic (exact) mass is 464 g/mol. The zero-order chi connectivity index (χ0) is 23.5. The Morgan fingerprint density at radius 3 is 2.74 bits per heavy atom. The van der Waals surface area contributed by atoms with E-state index in [1.165, 1.54) is 5.56 Å². The molecule has 0 atom stereocenters. The molecule has 0 aliphatic carbocycles. The minimum absolute atomic E-state index is 0.0932. The molecule has 5 rings (SSSR count). The first-order chi connectivity index (χ1) is 16.5. The van der Waals surface area contributed by atoms with Crippen LogP contribution in [0.25, 0.3) is 0 Å². The molecule has 1 spiro atoms. The number of ether oxygens (including phenoxy) is 1. The van der Waals surface area contributed by atoms with Gasteiger partial charge in [-0.1, -0.05) is 5.16 Å². The van der Waals surface area contributed by atoms with Crippen LogP contribution in [0.15, 0.2) is 41.8 Å². The highest BCUT2D eigenvalue weighted by Crippen LogP contribution is 2.39. The first kappa shape index (κ1) is 22.6. The van der Waals surface area contributed by atoms with E-state index in [9.17, 15) is 4.79 Å². The van der Waals surface area contributed by atoms with Crippen molar-refractivity contribution in [3.8, 4) is 5.75 Å². The number of anilines is 1. The van der Waals surface area contributed by atoms with E-state index in [4.69, 9.17) is 15.3 Å². The normalized spacial score (nSPS) is 21.8. The quantitative estimate of drug-likeness (QED) is 0.693. The molecule has 3 aliphatic heterocycles. The highest BCUT2D eigenvalue weighted by atomic mass is 16.6.